The Morgan fingerprint density at radius 2 is 1.63 bits per heavy atom. The first-order valence-electron chi connectivity index (χ1n) is 11.3. The molecule has 7 nitrogen and oxygen atoms in total. The number of carboxylic acid groups (broad SMARTS) is 1. The predicted molar refractivity (Wildman–Crippen MR) is 129 cm³/mol. The zero-order chi connectivity index (χ0) is 24.9. The van der Waals surface area contributed by atoms with Gasteiger partial charge in [-0.1, -0.05) is 55.5 Å². The molecule has 0 bridgehead atoms. The molecule has 2 amide bonds. The molecule has 0 unspecified atom stereocenters. The van der Waals surface area contributed by atoms with Crippen molar-refractivity contribution in [3.05, 3.63) is 89.2 Å². The van der Waals surface area contributed by atoms with Crippen LogP contribution < -0.4 is 10.6 Å². The molecule has 180 valence electrons. The number of aliphatic carboxylic acids is 1. The van der Waals surface area contributed by atoms with Crippen molar-refractivity contribution in [3.63, 3.8) is 0 Å². The Morgan fingerprint density at radius 1 is 1.00 bits per heavy atom. The number of hydrogen-bond donors (Lipinski definition) is 3. The minimum atomic E-state index is -1.06. The lowest BCUT2D eigenvalue weighted by Gasteiger charge is -2.18. The fraction of sp³-hybridized carbons (Fsp3) is 0.222. The smallest absolute Gasteiger partial charge is 0.411 e. The highest BCUT2D eigenvalue weighted by Gasteiger charge is 2.29. The lowest BCUT2D eigenvalue weighted by molar-refractivity contribution is -0.137. The SMILES string of the molecule is CC[C@@H](CC(=O)O)NC(=O)c1cc(F)ccc1NC(=O)OCC1c2ccccc2-c2ccccc21. The second-order valence-electron chi connectivity index (χ2n) is 8.32. The van der Waals surface area contributed by atoms with E-state index in [1.54, 1.807) is 6.92 Å². The maximum atomic E-state index is 13.9. The van der Waals surface area contributed by atoms with E-state index in [-0.39, 0.29) is 30.2 Å². The van der Waals surface area contributed by atoms with Gasteiger partial charge in [0, 0.05) is 12.0 Å². The van der Waals surface area contributed by atoms with E-state index in [1.807, 2.05) is 48.5 Å². The van der Waals surface area contributed by atoms with Gasteiger partial charge in [-0.05, 0) is 46.9 Å². The molecule has 35 heavy (non-hydrogen) atoms. The number of anilines is 1. The Morgan fingerprint density at radius 3 is 2.23 bits per heavy atom. The number of carboxylic acids is 1. The second-order valence-corrected chi connectivity index (χ2v) is 8.32. The van der Waals surface area contributed by atoms with Crippen molar-refractivity contribution in [2.45, 2.75) is 31.7 Å². The largest absolute Gasteiger partial charge is 0.481 e. The Balaban J connectivity index is 1.46. The number of carbonyl (C=O) groups excluding carboxylic acids is 2. The highest BCUT2D eigenvalue weighted by atomic mass is 19.1. The summed E-state index contributed by atoms with van der Waals surface area (Å²) in [5.41, 5.74) is 4.26. The van der Waals surface area contributed by atoms with Crippen molar-refractivity contribution in [1.82, 2.24) is 5.32 Å². The molecule has 3 N–H and O–H groups in total. The minimum absolute atomic E-state index is 0.0614. The molecular weight excluding hydrogens is 451 g/mol. The Bertz CT molecular complexity index is 1230. The second kappa shape index (κ2) is 10.4. The molecule has 0 radical (unpaired) electrons. The third kappa shape index (κ3) is 5.32. The summed E-state index contributed by atoms with van der Waals surface area (Å²) >= 11 is 0. The predicted octanol–water partition coefficient (Wildman–Crippen LogP) is 5.17. The van der Waals surface area contributed by atoms with Crippen molar-refractivity contribution >= 4 is 23.7 Å². The van der Waals surface area contributed by atoms with Crippen molar-refractivity contribution in [1.29, 1.82) is 0 Å². The fourth-order valence-electron chi connectivity index (χ4n) is 4.33. The van der Waals surface area contributed by atoms with Gasteiger partial charge in [0.25, 0.3) is 5.91 Å². The van der Waals surface area contributed by atoms with Crippen LogP contribution in [0.15, 0.2) is 66.7 Å². The third-order valence-electron chi connectivity index (χ3n) is 6.06. The van der Waals surface area contributed by atoms with Crippen molar-refractivity contribution < 1.29 is 28.6 Å². The van der Waals surface area contributed by atoms with Gasteiger partial charge < -0.3 is 15.2 Å². The van der Waals surface area contributed by atoms with Crippen LogP contribution in [0.1, 0.15) is 47.2 Å². The number of nitrogens with one attached hydrogen (secondary N) is 2. The number of benzene rings is 3. The summed E-state index contributed by atoms with van der Waals surface area (Å²) in [7, 11) is 0. The molecule has 0 saturated carbocycles. The number of rotatable bonds is 8. The number of carbonyl (C=O) groups is 3. The molecule has 0 heterocycles. The molecule has 3 aromatic rings. The van der Waals surface area contributed by atoms with Crippen LogP contribution in [0.3, 0.4) is 0 Å². The highest BCUT2D eigenvalue weighted by molar-refractivity contribution is 6.03. The molecule has 1 atom stereocenters. The van der Waals surface area contributed by atoms with E-state index >= 15 is 0 Å². The van der Waals surface area contributed by atoms with Crippen LogP contribution in [0, 0.1) is 5.82 Å². The van der Waals surface area contributed by atoms with Crippen LogP contribution in [-0.4, -0.2) is 35.7 Å². The molecule has 3 aromatic carbocycles. The summed E-state index contributed by atoms with van der Waals surface area (Å²) in [4.78, 5) is 36.4. The monoisotopic (exact) mass is 476 g/mol. The summed E-state index contributed by atoms with van der Waals surface area (Å²) < 4.78 is 19.4. The molecule has 0 aromatic heterocycles. The van der Waals surface area contributed by atoms with Gasteiger partial charge in [0.1, 0.15) is 12.4 Å². The van der Waals surface area contributed by atoms with E-state index in [4.69, 9.17) is 9.84 Å². The van der Waals surface area contributed by atoms with E-state index in [0.717, 1.165) is 34.4 Å². The lowest BCUT2D eigenvalue weighted by Crippen LogP contribution is -2.36. The molecule has 4 rings (SSSR count). The van der Waals surface area contributed by atoms with Gasteiger partial charge >= 0.3 is 12.1 Å². The number of amides is 2. The maximum absolute atomic E-state index is 13.9. The normalized spacial score (nSPS) is 12.9. The van der Waals surface area contributed by atoms with Crippen LogP contribution in [0.2, 0.25) is 0 Å². The minimum Gasteiger partial charge on any atom is -0.481 e. The van der Waals surface area contributed by atoms with E-state index in [0.29, 0.717) is 6.42 Å². The van der Waals surface area contributed by atoms with Gasteiger partial charge in [0.2, 0.25) is 0 Å². The molecule has 0 fully saturated rings. The molecule has 8 heteroatoms. The molecular formula is C27H25FN2O5. The number of ether oxygens (including phenoxy) is 1. The first-order chi connectivity index (χ1) is 16.9. The van der Waals surface area contributed by atoms with Gasteiger partial charge in [-0.25, -0.2) is 9.18 Å². The van der Waals surface area contributed by atoms with Crippen LogP contribution in [0.4, 0.5) is 14.9 Å². The molecule has 0 aliphatic heterocycles. The van der Waals surface area contributed by atoms with Gasteiger partial charge in [-0.15, -0.1) is 0 Å². The molecule has 0 spiro atoms. The lowest BCUT2D eigenvalue weighted by atomic mass is 9.98. The third-order valence-corrected chi connectivity index (χ3v) is 6.06. The van der Waals surface area contributed by atoms with Crippen molar-refractivity contribution in [2.24, 2.45) is 0 Å². The zero-order valence-electron chi connectivity index (χ0n) is 19.1. The topological polar surface area (TPSA) is 105 Å². The molecule has 0 saturated heterocycles. The standard InChI is InChI=1S/C27H25FN2O5/c1-2-17(14-25(31)32)29-26(33)22-13-16(28)11-12-24(22)30-27(34)35-15-23-20-9-5-3-7-18(20)19-8-4-6-10-21(19)23/h3-13,17,23H,2,14-15H2,1H3,(H,29,33)(H,30,34)(H,31,32)/t17-/m0/s1. The van der Waals surface area contributed by atoms with Gasteiger partial charge in [0.05, 0.1) is 17.7 Å². The van der Waals surface area contributed by atoms with E-state index < -0.39 is 29.8 Å². The van der Waals surface area contributed by atoms with Crippen LogP contribution in [0.25, 0.3) is 11.1 Å². The first kappa shape index (κ1) is 23.9. The summed E-state index contributed by atoms with van der Waals surface area (Å²) in [5.74, 6) is -2.55. The molecule has 1 aliphatic rings. The van der Waals surface area contributed by atoms with E-state index in [1.165, 1.54) is 6.07 Å². The van der Waals surface area contributed by atoms with Crippen LogP contribution in [0.5, 0.6) is 0 Å². The summed E-state index contributed by atoms with van der Waals surface area (Å²) in [6.45, 7) is 1.81. The average molecular weight is 477 g/mol. The number of fused-ring (bicyclic) bond motifs is 3. The number of halogens is 1. The maximum Gasteiger partial charge on any atom is 0.411 e. The van der Waals surface area contributed by atoms with Gasteiger partial charge in [0.15, 0.2) is 0 Å². The summed E-state index contributed by atoms with van der Waals surface area (Å²) in [6.07, 6.45) is -0.681. The Kier molecular flexibility index (Phi) is 7.10. The zero-order valence-corrected chi connectivity index (χ0v) is 19.1. The molecule has 1 aliphatic carbocycles. The Hall–Kier alpha value is -4.20. The van der Waals surface area contributed by atoms with Gasteiger partial charge in [-0.3, -0.25) is 14.9 Å². The van der Waals surface area contributed by atoms with Gasteiger partial charge in [-0.2, -0.15) is 0 Å². The van der Waals surface area contributed by atoms with E-state index in [2.05, 4.69) is 10.6 Å². The first-order valence-corrected chi connectivity index (χ1v) is 11.3. The average Bonchev–Trinajstić information content (AvgIpc) is 3.16. The summed E-state index contributed by atoms with van der Waals surface area (Å²) in [5, 5.41) is 14.1. The summed E-state index contributed by atoms with van der Waals surface area (Å²) in [6, 6.07) is 18.6. The van der Waals surface area contributed by atoms with Crippen LogP contribution >= 0.6 is 0 Å². The van der Waals surface area contributed by atoms with E-state index in [9.17, 15) is 18.8 Å². The van der Waals surface area contributed by atoms with Crippen molar-refractivity contribution in [3.8, 4) is 11.1 Å². The highest BCUT2D eigenvalue weighted by Crippen LogP contribution is 2.44. The quantitative estimate of drug-likeness (QED) is 0.416. The Labute approximate surface area is 201 Å². The number of hydrogen-bond acceptors (Lipinski definition) is 4. The van der Waals surface area contributed by atoms with Crippen LogP contribution in [-0.2, 0) is 9.53 Å². The van der Waals surface area contributed by atoms with Crippen molar-refractivity contribution in [2.75, 3.05) is 11.9 Å². The fourth-order valence-corrected chi connectivity index (χ4v) is 4.33.